The van der Waals surface area contributed by atoms with Crippen molar-refractivity contribution in [2.75, 3.05) is 6.54 Å². The minimum Gasteiger partial charge on any atom is -0.370 e. The van der Waals surface area contributed by atoms with Crippen LogP contribution in [0, 0.1) is 11.6 Å². The lowest BCUT2D eigenvalue weighted by Crippen LogP contribution is -2.60. The molecule has 11 heteroatoms. The van der Waals surface area contributed by atoms with Gasteiger partial charge in [0.05, 0.1) is 31.0 Å². The molecule has 2 aliphatic rings. The molecule has 1 aliphatic carbocycles. The minimum atomic E-state index is -4.53. The Balaban J connectivity index is 1.61. The molecular weight excluding hydrogens is 513 g/mol. The Kier molecular flexibility index (Phi) is 8.13. The third-order valence-electron chi connectivity index (χ3n) is 6.65. The lowest BCUT2D eigenvalue weighted by atomic mass is 9.78. The molecule has 38 heavy (non-hydrogen) atoms. The van der Waals surface area contributed by atoms with E-state index in [0.717, 1.165) is 18.2 Å². The van der Waals surface area contributed by atoms with E-state index in [0.29, 0.717) is 0 Å². The van der Waals surface area contributed by atoms with Gasteiger partial charge in [0.25, 0.3) is 5.91 Å². The highest BCUT2D eigenvalue weighted by molar-refractivity contribution is 5.85. The summed E-state index contributed by atoms with van der Waals surface area (Å²) in [6.07, 6.45) is -6.65. The van der Waals surface area contributed by atoms with Crippen molar-refractivity contribution in [1.82, 2.24) is 5.32 Å². The summed E-state index contributed by atoms with van der Waals surface area (Å²) in [6.45, 7) is 4.82. The predicted octanol–water partition coefficient (Wildman–Crippen LogP) is 5.27. The highest BCUT2D eigenvalue weighted by Crippen LogP contribution is 2.44. The van der Waals surface area contributed by atoms with Crippen LogP contribution < -0.4 is 5.32 Å². The SMILES string of the molecule is CCNC(=O)[C@@]1(OCc2cccc(C(F)(F)F)c2)C[C@@H](OCc2cccc(F)c2F)[C@@H]2OC(C)(C)O[C@@H]2C1. The molecule has 0 spiro atoms. The zero-order valence-electron chi connectivity index (χ0n) is 21.2. The lowest BCUT2D eigenvalue weighted by Gasteiger charge is -2.43. The second-order valence-corrected chi connectivity index (χ2v) is 9.95. The van der Waals surface area contributed by atoms with Crippen LogP contribution in [0.4, 0.5) is 22.0 Å². The van der Waals surface area contributed by atoms with Gasteiger partial charge in [0.1, 0.15) is 6.10 Å². The maximum Gasteiger partial charge on any atom is 0.416 e. The number of ether oxygens (including phenoxy) is 4. The summed E-state index contributed by atoms with van der Waals surface area (Å²) in [7, 11) is 0. The highest BCUT2D eigenvalue weighted by Gasteiger charge is 2.58. The molecule has 2 fully saturated rings. The van der Waals surface area contributed by atoms with Crippen molar-refractivity contribution in [3.63, 3.8) is 0 Å². The molecule has 0 bridgehead atoms. The molecule has 4 rings (SSSR count). The Morgan fingerprint density at radius 1 is 1.08 bits per heavy atom. The number of halogens is 5. The molecule has 0 aromatic heterocycles. The molecule has 4 atom stereocenters. The van der Waals surface area contributed by atoms with Gasteiger partial charge in [0.15, 0.2) is 23.0 Å². The number of likely N-dealkylation sites (N-methyl/N-ethyl adjacent to an activating group) is 1. The van der Waals surface area contributed by atoms with E-state index in [1.807, 2.05) is 0 Å². The number of amides is 1. The summed E-state index contributed by atoms with van der Waals surface area (Å²) in [4.78, 5) is 13.4. The molecule has 1 N–H and O–H groups in total. The third kappa shape index (κ3) is 6.17. The van der Waals surface area contributed by atoms with E-state index in [-0.39, 0.29) is 43.7 Å². The average Bonchev–Trinajstić information content (AvgIpc) is 3.17. The zero-order chi connectivity index (χ0) is 27.7. The Hall–Kier alpha value is -2.60. The van der Waals surface area contributed by atoms with Crippen LogP contribution in [0.2, 0.25) is 0 Å². The molecule has 1 saturated carbocycles. The van der Waals surface area contributed by atoms with Gasteiger partial charge in [-0.25, -0.2) is 8.78 Å². The number of carbonyl (C=O) groups excluding carboxylic acids is 1. The van der Waals surface area contributed by atoms with E-state index in [9.17, 15) is 26.7 Å². The quantitative estimate of drug-likeness (QED) is 0.460. The Labute approximate surface area is 217 Å². The maximum absolute atomic E-state index is 14.3. The summed E-state index contributed by atoms with van der Waals surface area (Å²) in [5.41, 5.74) is -2.16. The van der Waals surface area contributed by atoms with Crippen molar-refractivity contribution >= 4 is 5.91 Å². The number of alkyl halides is 3. The minimum absolute atomic E-state index is 0.0150. The van der Waals surface area contributed by atoms with Gasteiger partial charge in [-0.05, 0) is 44.5 Å². The number of benzene rings is 2. The molecule has 208 valence electrons. The van der Waals surface area contributed by atoms with Gasteiger partial charge >= 0.3 is 6.18 Å². The van der Waals surface area contributed by atoms with Crippen LogP contribution in [0.3, 0.4) is 0 Å². The van der Waals surface area contributed by atoms with Crippen molar-refractivity contribution < 1.29 is 45.7 Å². The van der Waals surface area contributed by atoms with Crippen LogP contribution in [-0.2, 0) is 43.1 Å². The topological polar surface area (TPSA) is 66.0 Å². The van der Waals surface area contributed by atoms with Crippen LogP contribution in [-0.4, -0.2) is 42.2 Å². The van der Waals surface area contributed by atoms with E-state index >= 15 is 0 Å². The number of hydrogen-bond acceptors (Lipinski definition) is 5. The summed E-state index contributed by atoms with van der Waals surface area (Å²) in [6, 6.07) is 8.41. The molecule has 0 unspecified atom stereocenters. The number of rotatable bonds is 8. The fourth-order valence-electron chi connectivity index (χ4n) is 4.95. The second-order valence-electron chi connectivity index (χ2n) is 9.95. The molecule has 2 aromatic carbocycles. The molecule has 2 aromatic rings. The van der Waals surface area contributed by atoms with Gasteiger partial charge < -0.3 is 24.3 Å². The van der Waals surface area contributed by atoms with Gasteiger partial charge in [0, 0.05) is 24.9 Å². The first-order valence-corrected chi connectivity index (χ1v) is 12.3. The van der Waals surface area contributed by atoms with Crippen LogP contribution in [0.15, 0.2) is 42.5 Å². The van der Waals surface area contributed by atoms with E-state index < -0.39 is 59.0 Å². The van der Waals surface area contributed by atoms with Crippen molar-refractivity contribution in [2.45, 2.75) is 82.7 Å². The van der Waals surface area contributed by atoms with E-state index in [1.165, 1.54) is 24.3 Å². The monoisotopic (exact) mass is 543 g/mol. The Morgan fingerprint density at radius 3 is 2.53 bits per heavy atom. The van der Waals surface area contributed by atoms with Gasteiger partial charge in [0.2, 0.25) is 0 Å². The van der Waals surface area contributed by atoms with E-state index in [1.54, 1.807) is 20.8 Å². The predicted molar refractivity (Wildman–Crippen MR) is 126 cm³/mol. The number of nitrogens with one attached hydrogen (secondary N) is 1. The van der Waals surface area contributed by atoms with Crippen molar-refractivity contribution in [3.05, 3.63) is 70.8 Å². The van der Waals surface area contributed by atoms with Crippen molar-refractivity contribution in [3.8, 4) is 0 Å². The normalized spacial score (nSPS) is 26.7. The molecule has 1 aliphatic heterocycles. The molecule has 1 saturated heterocycles. The highest BCUT2D eigenvalue weighted by atomic mass is 19.4. The largest absolute Gasteiger partial charge is 0.416 e. The molecule has 1 heterocycles. The molecule has 1 amide bonds. The van der Waals surface area contributed by atoms with Crippen LogP contribution in [0.1, 0.15) is 50.3 Å². The van der Waals surface area contributed by atoms with Crippen LogP contribution in [0.5, 0.6) is 0 Å². The average molecular weight is 544 g/mol. The van der Waals surface area contributed by atoms with Gasteiger partial charge in [-0.3, -0.25) is 4.79 Å². The number of carbonyl (C=O) groups is 1. The molecular formula is C27H30F5NO5. The Morgan fingerprint density at radius 2 is 1.82 bits per heavy atom. The van der Waals surface area contributed by atoms with Gasteiger partial charge in [-0.2, -0.15) is 13.2 Å². The van der Waals surface area contributed by atoms with Gasteiger partial charge in [-0.15, -0.1) is 0 Å². The maximum atomic E-state index is 14.3. The van der Waals surface area contributed by atoms with E-state index in [2.05, 4.69) is 5.32 Å². The van der Waals surface area contributed by atoms with Gasteiger partial charge in [-0.1, -0.05) is 24.3 Å². The van der Waals surface area contributed by atoms with E-state index in [4.69, 9.17) is 18.9 Å². The second kappa shape index (κ2) is 10.9. The van der Waals surface area contributed by atoms with Crippen molar-refractivity contribution in [1.29, 1.82) is 0 Å². The first-order valence-electron chi connectivity index (χ1n) is 12.3. The summed E-state index contributed by atoms with van der Waals surface area (Å²) < 4.78 is 91.8. The summed E-state index contributed by atoms with van der Waals surface area (Å²) in [5.74, 6) is -3.56. The van der Waals surface area contributed by atoms with Crippen LogP contribution in [0.25, 0.3) is 0 Å². The first-order chi connectivity index (χ1) is 17.8. The summed E-state index contributed by atoms with van der Waals surface area (Å²) in [5, 5.41) is 2.73. The fraction of sp³-hybridized carbons (Fsp3) is 0.519. The smallest absolute Gasteiger partial charge is 0.370 e. The third-order valence-corrected chi connectivity index (χ3v) is 6.65. The van der Waals surface area contributed by atoms with Crippen LogP contribution >= 0.6 is 0 Å². The zero-order valence-corrected chi connectivity index (χ0v) is 21.2. The molecule has 6 nitrogen and oxygen atoms in total. The fourth-order valence-corrected chi connectivity index (χ4v) is 4.95. The first kappa shape index (κ1) is 28.4. The standard InChI is InChI=1S/C27H30F5NO5/c1-4-33-24(34)26(36-14-16-7-5-9-18(11-16)27(30,31)32)12-20(23-21(13-26)37-25(2,3)38-23)35-15-17-8-6-10-19(28)22(17)29/h5-11,20-21,23H,4,12-15H2,1-3H3,(H,33,34)/t20-,21-,23+,26-/m1/s1. The molecule has 0 radical (unpaired) electrons. The van der Waals surface area contributed by atoms with Crippen molar-refractivity contribution in [2.24, 2.45) is 0 Å². The number of fused-ring (bicyclic) bond motifs is 1. The number of hydrogen-bond donors (Lipinski definition) is 1. The summed E-state index contributed by atoms with van der Waals surface area (Å²) >= 11 is 0. The lowest BCUT2D eigenvalue weighted by molar-refractivity contribution is -0.183. The Bertz CT molecular complexity index is 1160.